The van der Waals surface area contributed by atoms with Crippen molar-refractivity contribution < 1.29 is 4.74 Å². The Hall–Kier alpha value is -1.12. The molecule has 1 saturated heterocycles. The number of hydrogen-bond acceptors (Lipinski definition) is 4. The molecular formula is C9H13N3OS. The molecule has 1 aliphatic rings. The molecule has 0 amide bonds. The number of ether oxygens (including phenoxy) is 1. The molecule has 14 heavy (non-hydrogen) atoms. The molecule has 1 aliphatic heterocycles. The van der Waals surface area contributed by atoms with Gasteiger partial charge in [-0.2, -0.15) is 5.26 Å². The largest absolute Gasteiger partial charge is 0.389 e. The van der Waals surface area contributed by atoms with E-state index in [-0.39, 0.29) is 4.99 Å². The highest BCUT2D eigenvalue weighted by Gasteiger charge is 2.15. The second-order valence-electron chi connectivity index (χ2n) is 3.04. The van der Waals surface area contributed by atoms with E-state index < -0.39 is 0 Å². The van der Waals surface area contributed by atoms with Crippen molar-refractivity contribution in [2.24, 2.45) is 5.73 Å². The minimum absolute atomic E-state index is 0.163. The van der Waals surface area contributed by atoms with Crippen LogP contribution in [0, 0.1) is 11.3 Å². The van der Waals surface area contributed by atoms with Crippen LogP contribution in [0.5, 0.6) is 0 Å². The Morgan fingerprint density at radius 3 is 2.50 bits per heavy atom. The molecule has 0 atom stereocenters. The molecule has 1 rings (SSSR count). The molecule has 1 fully saturated rings. The maximum atomic E-state index is 8.86. The first-order valence-corrected chi connectivity index (χ1v) is 4.81. The molecule has 0 unspecified atom stereocenters. The van der Waals surface area contributed by atoms with E-state index in [1.54, 1.807) is 0 Å². The molecule has 2 N–H and O–H groups in total. The summed E-state index contributed by atoms with van der Waals surface area (Å²) >= 11 is 4.80. The number of hydrogen-bond donors (Lipinski definition) is 1. The molecule has 0 aromatic carbocycles. The normalized spacial score (nSPS) is 18.4. The van der Waals surface area contributed by atoms with E-state index in [1.165, 1.54) is 0 Å². The smallest absolute Gasteiger partial charge is 0.116 e. The van der Waals surface area contributed by atoms with Gasteiger partial charge in [-0.1, -0.05) is 12.2 Å². The van der Waals surface area contributed by atoms with Gasteiger partial charge in [0.2, 0.25) is 0 Å². The molecular weight excluding hydrogens is 198 g/mol. The van der Waals surface area contributed by atoms with Crippen LogP contribution in [0.4, 0.5) is 0 Å². The summed E-state index contributed by atoms with van der Waals surface area (Å²) in [6.45, 7) is 4.82. The summed E-state index contributed by atoms with van der Waals surface area (Å²) in [6, 6.07) is 2.03. The van der Waals surface area contributed by atoms with E-state index in [1.807, 2.05) is 13.0 Å². The summed E-state index contributed by atoms with van der Waals surface area (Å²) in [4.78, 5) is 2.23. The molecule has 76 valence electrons. The zero-order valence-corrected chi connectivity index (χ0v) is 8.93. The Bertz CT molecular complexity index is 300. The molecule has 1 heterocycles. The van der Waals surface area contributed by atoms with Crippen molar-refractivity contribution in [2.45, 2.75) is 6.92 Å². The van der Waals surface area contributed by atoms with Crippen molar-refractivity contribution in [1.82, 2.24) is 4.90 Å². The summed E-state index contributed by atoms with van der Waals surface area (Å²) in [6.07, 6.45) is 0. The van der Waals surface area contributed by atoms with Gasteiger partial charge < -0.3 is 15.4 Å². The molecule has 0 saturated carbocycles. The zero-order valence-electron chi connectivity index (χ0n) is 8.12. The minimum atomic E-state index is 0.163. The van der Waals surface area contributed by atoms with Crippen molar-refractivity contribution in [3.63, 3.8) is 0 Å². The molecule has 5 heteroatoms. The Labute approximate surface area is 88.9 Å². The fourth-order valence-corrected chi connectivity index (χ4v) is 1.56. The van der Waals surface area contributed by atoms with Gasteiger partial charge in [-0.3, -0.25) is 0 Å². The number of nitrogens with two attached hydrogens (primary N) is 1. The third kappa shape index (κ3) is 2.44. The van der Waals surface area contributed by atoms with Gasteiger partial charge in [-0.05, 0) is 6.92 Å². The number of nitriles is 1. The fourth-order valence-electron chi connectivity index (χ4n) is 1.37. The Morgan fingerprint density at radius 1 is 1.50 bits per heavy atom. The summed E-state index contributed by atoms with van der Waals surface area (Å²) in [5.41, 5.74) is 6.70. The highest BCUT2D eigenvalue weighted by Crippen LogP contribution is 2.11. The van der Waals surface area contributed by atoms with Crippen LogP contribution in [-0.2, 0) is 4.74 Å². The maximum absolute atomic E-state index is 8.86. The van der Waals surface area contributed by atoms with Gasteiger partial charge in [0.15, 0.2) is 0 Å². The van der Waals surface area contributed by atoms with Crippen LogP contribution in [0.2, 0.25) is 0 Å². The van der Waals surface area contributed by atoms with E-state index in [0.29, 0.717) is 18.8 Å². The van der Waals surface area contributed by atoms with Gasteiger partial charge in [0.1, 0.15) is 16.6 Å². The van der Waals surface area contributed by atoms with Crippen LogP contribution in [-0.4, -0.2) is 36.2 Å². The molecule has 0 radical (unpaired) electrons. The summed E-state index contributed by atoms with van der Waals surface area (Å²) < 4.78 is 5.21. The van der Waals surface area contributed by atoms with Crippen molar-refractivity contribution >= 4 is 17.2 Å². The summed E-state index contributed by atoms with van der Waals surface area (Å²) in [5, 5.41) is 8.86. The van der Waals surface area contributed by atoms with Crippen molar-refractivity contribution in [3.05, 3.63) is 11.3 Å². The summed E-state index contributed by atoms with van der Waals surface area (Å²) in [5.74, 6) is 0. The van der Waals surface area contributed by atoms with Crippen molar-refractivity contribution in [1.29, 1.82) is 5.26 Å². The van der Waals surface area contributed by atoms with Crippen molar-refractivity contribution in [3.8, 4) is 6.07 Å². The predicted octanol–water partition coefficient (Wildman–Crippen LogP) is 0.402. The van der Waals surface area contributed by atoms with E-state index in [0.717, 1.165) is 18.8 Å². The first-order valence-electron chi connectivity index (χ1n) is 4.40. The molecule has 0 aliphatic carbocycles. The van der Waals surface area contributed by atoms with Gasteiger partial charge in [-0.15, -0.1) is 0 Å². The topological polar surface area (TPSA) is 62.3 Å². The number of thiocarbonyl (C=S) groups is 1. The first-order chi connectivity index (χ1) is 6.66. The van der Waals surface area contributed by atoms with E-state index in [2.05, 4.69) is 4.90 Å². The van der Waals surface area contributed by atoms with Crippen molar-refractivity contribution in [2.75, 3.05) is 26.3 Å². The van der Waals surface area contributed by atoms with Crippen LogP contribution in [0.1, 0.15) is 6.92 Å². The summed E-state index contributed by atoms with van der Waals surface area (Å²) in [7, 11) is 0. The third-order valence-corrected chi connectivity index (χ3v) is 2.41. The first kappa shape index (κ1) is 11.0. The van der Waals surface area contributed by atoms with Gasteiger partial charge in [0, 0.05) is 18.8 Å². The molecule has 0 aromatic heterocycles. The lowest BCUT2D eigenvalue weighted by atomic mass is 10.2. The standard InChI is InChI=1S/C9H13N3OS/c1-7(8(6-10)9(11)14)12-2-4-13-5-3-12/h2-5H2,1H3,(H2,11,14)/b8-7-. The SMILES string of the molecule is C/C(=C(\C#N)C(N)=S)N1CCOCC1. The third-order valence-electron chi connectivity index (χ3n) is 2.21. The number of morpholine rings is 1. The fraction of sp³-hybridized carbons (Fsp3) is 0.556. The molecule has 0 bridgehead atoms. The van der Waals surface area contributed by atoms with Crippen LogP contribution in [0.3, 0.4) is 0 Å². The number of rotatable bonds is 2. The lowest BCUT2D eigenvalue weighted by Gasteiger charge is -2.29. The average molecular weight is 211 g/mol. The van der Waals surface area contributed by atoms with Crippen LogP contribution >= 0.6 is 12.2 Å². The monoisotopic (exact) mass is 211 g/mol. The zero-order chi connectivity index (χ0) is 10.6. The Kier molecular flexibility index (Phi) is 3.86. The number of allylic oxidation sites excluding steroid dienone is 1. The highest BCUT2D eigenvalue weighted by molar-refractivity contribution is 7.80. The molecule has 0 aromatic rings. The van der Waals surface area contributed by atoms with Crippen LogP contribution < -0.4 is 5.73 Å². The molecule has 4 nitrogen and oxygen atoms in total. The number of nitrogens with zero attached hydrogens (tertiary/aromatic N) is 2. The second kappa shape index (κ2) is 4.94. The second-order valence-corrected chi connectivity index (χ2v) is 3.48. The lowest BCUT2D eigenvalue weighted by molar-refractivity contribution is 0.0536. The van der Waals surface area contributed by atoms with E-state index in [9.17, 15) is 0 Å². The van der Waals surface area contributed by atoms with E-state index >= 15 is 0 Å². The van der Waals surface area contributed by atoms with Crippen LogP contribution in [0.15, 0.2) is 11.3 Å². The Balaban J connectivity index is 2.83. The van der Waals surface area contributed by atoms with E-state index in [4.69, 9.17) is 28.0 Å². The Morgan fingerprint density at radius 2 is 2.07 bits per heavy atom. The quantitative estimate of drug-likeness (QED) is 0.407. The van der Waals surface area contributed by atoms with Gasteiger partial charge in [-0.25, -0.2) is 0 Å². The van der Waals surface area contributed by atoms with Gasteiger partial charge >= 0.3 is 0 Å². The lowest BCUT2D eigenvalue weighted by Crippen LogP contribution is -2.36. The van der Waals surface area contributed by atoms with Gasteiger partial charge in [0.05, 0.1) is 13.2 Å². The average Bonchev–Trinajstić information content (AvgIpc) is 2.19. The highest BCUT2D eigenvalue weighted by atomic mass is 32.1. The van der Waals surface area contributed by atoms with Gasteiger partial charge in [0.25, 0.3) is 0 Å². The van der Waals surface area contributed by atoms with Crippen LogP contribution in [0.25, 0.3) is 0 Å². The molecule has 0 spiro atoms. The maximum Gasteiger partial charge on any atom is 0.116 e. The predicted molar refractivity (Wildman–Crippen MR) is 57.5 cm³/mol. The minimum Gasteiger partial charge on any atom is -0.389 e.